The maximum absolute atomic E-state index is 12.7. The maximum Gasteiger partial charge on any atom is 0.249 e. The Morgan fingerprint density at radius 2 is 1.77 bits per heavy atom. The highest BCUT2D eigenvalue weighted by Crippen LogP contribution is 2.31. The lowest BCUT2D eigenvalue weighted by molar-refractivity contribution is -0.138. The highest BCUT2D eigenvalue weighted by molar-refractivity contribution is 6.01. The standard InChI is InChI=1S/C23H32N4O4/c28-20-6-5-19(22(30)26-20)25-18-3-1-16(2-4-18)17-7-13-27(14-8-17)21(29)15-23(31)9-11-24-12-10-23/h1-4,17,19,24-25,31H,5-15H2,(H,26,28,30). The fourth-order valence-corrected chi connectivity index (χ4v) is 4.81. The summed E-state index contributed by atoms with van der Waals surface area (Å²) in [5, 5.41) is 19.4. The van der Waals surface area contributed by atoms with Crippen molar-refractivity contribution in [3.05, 3.63) is 29.8 Å². The molecule has 0 spiro atoms. The number of hydrogen-bond donors (Lipinski definition) is 4. The van der Waals surface area contributed by atoms with Crippen molar-refractivity contribution in [2.45, 2.75) is 62.5 Å². The Morgan fingerprint density at radius 3 is 2.42 bits per heavy atom. The molecule has 0 bridgehead atoms. The Labute approximate surface area is 182 Å². The van der Waals surface area contributed by atoms with Crippen molar-refractivity contribution >= 4 is 23.4 Å². The molecule has 4 rings (SSSR count). The summed E-state index contributed by atoms with van der Waals surface area (Å²) in [6.45, 7) is 2.96. The Kier molecular flexibility index (Phi) is 6.57. The minimum atomic E-state index is -0.857. The molecular weight excluding hydrogens is 396 g/mol. The molecule has 0 aromatic heterocycles. The fourth-order valence-electron chi connectivity index (χ4n) is 4.81. The number of imide groups is 1. The molecule has 1 aromatic rings. The van der Waals surface area contributed by atoms with Crippen LogP contribution in [0.1, 0.15) is 56.4 Å². The van der Waals surface area contributed by atoms with E-state index in [0.29, 0.717) is 44.7 Å². The number of likely N-dealkylation sites (tertiary alicyclic amines) is 1. The van der Waals surface area contributed by atoms with Crippen LogP contribution in [-0.4, -0.2) is 65.5 Å². The van der Waals surface area contributed by atoms with Crippen molar-refractivity contribution in [1.82, 2.24) is 15.5 Å². The molecule has 0 saturated carbocycles. The highest BCUT2D eigenvalue weighted by Gasteiger charge is 2.34. The van der Waals surface area contributed by atoms with Gasteiger partial charge in [0.15, 0.2) is 0 Å². The van der Waals surface area contributed by atoms with Gasteiger partial charge in [-0.25, -0.2) is 0 Å². The largest absolute Gasteiger partial charge is 0.389 e. The van der Waals surface area contributed by atoms with E-state index in [4.69, 9.17) is 0 Å². The topological polar surface area (TPSA) is 111 Å². The molecule has 4 N–H and O–H groups in total. The lowest BCUT2D eigenvalue weighted by Gasteiger charge is -2.37. The van der Waals surface area contributed by atoms with E-state index in [2.05, 4.69) is 28.1 Å². The van der Waals surface area contributed by atoms with E-state index in [1.165, 1.54) is 5.56 Å². The average Bonchev–Trinajstić information content (AvgIpc) is 2.76. The Hall–Kier alpha value is -2.45. The Bertz CT molecular complexity index is 811. The molecular formula is C23H32N4O4. The molecule has 3 fully saturated rings. The second-order valence-electron chi connectivity index (χ2n) is 9.08. The summed E-state index contributed by atoms with van der Waals surface area (Å²) in [5.41, 5.74) is 1.24. The molecule has 168 valence electrons. The van der Waals surface area contributed by atoms with Gasteiger partial charge in [0, 0.05) is 25.2 Å². The number of amides is 3. The maximum atomic E-state index is 12.7. The molecule has 3 saturated heterocycles. The van der Waals surface area contributed by atoms with Gasteiger partial charge in [-0.1, -0.05) is 12.1 Å². The molecule has 3 aliphatic rings. The number of benzene rings is 1. The molecule has 1 atom stereocenters. The van der Waals surface area contributed by atoms with Crippen LogP contribution in [0, 0.1) is 0 Å². The highest BCUT2D eigenvalue weighted by atomic mass is 16.3. The zero-order valence-corrected chi connectivity index (χ0v) is 17.9. The van der Waals surface area contributed by atoms with Crippen LogP contribution in [0.4, 0.5) is 5.69 Å². The molecule has 8 nitrogen and oxygen atoms in total. The zero-order chi connectivity index (χ0) is 21.8. The lowest BCUT2D eigenvalue weighted by atomic mass is 9.86. The first-order valence-corrected chi connectivity index (χ1v) is 11.3. The molecule has 0 aliphatic carbocycles. The quantitative estimate of drug-likeness (QED) is 0.523. The SMILES string of the molecule is O=C1CCC(Nc2ccc(C3CCN(C(=O)CC4(O)CCNCC4)CC3)cc2)C(=O)N1. The van der Waals surface area contributed by atoms with Crippen LogP contribution in [0.5, 0.6) is 0 Å². The third-order valence-corrected chi connectivity index (χ3v) is 6.82. The van der Waals surface area contributed by atoms with Gasteiger partial charge < -0.3 is 20.6 Å². The van der Waals surface area contributed by atoms with E-state index in [1.807, 2.05) is 17.0 Å². The van der Waals surface area contributed by atoms with Crippen molar-refractivity contribution < 1.29 is 19.5 Å². The third-order valence-electron chi connectivity index (χ3n) is 6.82. The van der Waals surface area contributed by atoms with E-state index < -0.39 is 5.60 Å². The summed E-state index contributed by atoms with van der Waals surface area (Å²) in [6, 6.07) is 7.72. The van der Waals surface area contributed by atoms with Gasteiger partial charge in [-0.3, -0.25) is 19.7 Å². The van der Waals surface area contributed by atoms with Crippen LogP contribution in [-0.2, 0) is 14.4 Å². The smallest absolute Gasteiger partial charge is 0.249 e. The molecule has 3 aliphatic heterocycles. The number of carbonyl (C=O) groups excluding carboxylic acids is 3. The number of nitrogens with one attached hydrogen (secondary N) is 3. The summed E-state index contributed by atoms with van der Waals surface area (Å²) < 4.78 is 0. The average molecular weight is 429 g/mol. The van der Waals surface area contributed by atoms with Crippen molar-refractivity contribution in [1.29, 1.82) is 0 Å². The van der Waals surface area contributed by atoms with Crippen LogP contribution >= 0.6 is 0 Å². The monoisotopic (exact) mass is 428 g/mol. The van der Waals surface area contributed by atoms with Gasteiger partial charge in [-0.2, -0.15) is 0 Å². The second kappa shape index (κ2) is 9.36. The molecule has 8 heteroatoms. The first kappa shape index (κ1) is 21.8. The third kappa shape index (κ3) is 5.43. The van der Waals surface area contributed by atoms with Crippen LogP contribution < -0.4 is 16.0 Å². The Balaban J connectivity index is 1.26. The first-order chi connectivity index (χ1) is 14.9. The predicted molar refractivity (Wildman–Crippen MR) is 116 cm³/mol. The number of aliphatic hydroxyl groups is 1. The number of anilines is 1. The molecule has 3 heterocycles. The van der Waals surface area contributed by atoms with Crippen LogP contribution in [0.3, 0.4) is 0 Å². The second-order valence-corrected chi connectivity index (χ2v) is 9.08. The van der Waals surface area contributed by atoms with Crippen molar-refractivity contribution in [2.75, 3.05) is 31.5 Å². The number of piperidine rings is 3. The van der Waals surface area contributed by atoms with Crippen molar-refractivity contribution in [3.63, 3.8) is 0 Å². The fraction of sp³-hybridized carbons (Fsp3) is 0.609. The van der Waals surface area contributed by atoms with Crippen molar-refractivity contribution in [3.8, 4) is 0 Å². The number of carbonyl (C=O) groups is 3. The van der Waals surface area contributed by atoms with Crippen LogP contribution in [0.25, 0.3) is 0 Å². The molecule has 0 radical (unpaired) electrons. The summed E-state index contributed by atoms with van der Waals surface area (Å²) in [7, 11) is 0. The first-order valence-electron chi connectivity index (χ1n) is 11.3. The van der Waals surface area contributed by atoms with Crippen LogP contribution in [0.2, 0.25) is 0 Å². The van der Waals surface area contributed by atoms with Gasteiger partial charge in [0.25, 0.3) is 0 Å². The van der Waals surface area contributed by atoms with Gasteiger partial charge >= 0.3 is 0 Å². The Morgan fingerprint density at radius 1 is 1.10 bits per heavy atom. The van der Waals surface area contributed by atoms with E-state index in [1.54, 1.807) is 0 Å². The van der Waals surface area contributed by atoms with Gasteiger partial charge in [-0.05, 0) is 68.8 Å². The summed E-state index contributed by atoms with van der Waals surface area (Å²) >= 11 is 0. The van der Waals surface area contributed by atoms with E-state index in [-0.39, 0.29) is 30.2 Å². The normalized spacial score (nSPS) is 24.5. The lowest BCUT2D eigenvalue weighted by Crippen LogP contribution is -2.47. The van der Waals surface area contributed by atoms with Gasteiger partial charge in [0.2, 0.25) is 17.7 Å². The van der Waals surface area contributed by atoms with Gasteiger partial charge in [-0.15, -0.1) is 0 Å². The van der Waals surface area contributed by atoms with E-state index >= 15 is 0 Å². The molecule has 1 unspecified atom stereocenters. The summed E-state index contributed by atoms with van der Waals surface area (Å²) in [4.78, 5) is 37.8. The predicted octanol–water partition coefficient (Wildman–Crippen LogP) is 1.11. The molecule has 1 aromatic carbocycles. The number of hydrogen-bond acceptors (Lipinski definition) is 6. The van der Waals surface area contributed by atoms with Gasteiger partial charge in [0.1, 0.15) is 6.04 Å². The van der Waals surface area contributed by atoms with Crippen LogP contribution in [0.15, 0.2) is 24.3 Å². The number of nitrogens with zero attached hydrogens (tertiary/aromatic N) is 1. The zero-order valence-electron chi connectivity index (χ0n) is 17.9. The van der Waals surface area contributed by atoms with E-state index in [0.717, 1.165) is 31.6 Å². The summed E-state index contributed by atoms with van der Waals surface area (Å²) in [5.74, 6) is -0.0260. The van der Waals surface area contributed by atoms with E-state index in [9.17, 15) is 19.5 Å². The minimum absolute atomic E-state index is 0.0617. The minimum Gasteiger partial charge on any atom is -0.389 e. The van der Waals surface area contributed by atoms with Crippen molar-refractivity contribution in [2.24, 2.45) is 0 Å². The number of rotatable bonds is 5. The molecule has 31 heavy (non-hydrogen) atoms. The summed E-state index contributed by atoms with van der Waals surface area (Å²) in [6.07, 6.45) is 4.16. The molecule has 3 amide bonds. The van der Waals surface area contributed by atoms with Gasteiger partial charge in [0.05, 0.1) is 12.0 Å².